The van der Waals surface area contributed by atoms with Gasteiger partial charge in [-0.05, 0) is 135 Å². The summed E-state index contributed by atoms with van der Waals surface area (Å²) in [5, 5.41) is 4.89. The molecule has 0 saturated carbocycles. The number of rotatable bonds is 8. The Hall–Kier alpha value is -8.46. The lowest BCUT2D eigenvalue weighted by Gasteiger charge is -2.30. The van der Waals surface area contributed by atoms with Gasteiger partial charge in [-0.15, -0.1) is 0 Å². The molecule has 0 bridgehead atoms. The monoisotopic (exact) mass is 868 g/mol. The van der Waals surface area contributed by atoms with Gasteiger partial charge < -0.3 is 9.47 Å². The van der Waals surface area contributed by atoms with Crippen molar-refractivity contribution in [2.45, 2.75) is 25.2 Å². The van der Waals surface area contributed by atoms with Crippen LogP contribution in [-0.2, 0) is 5.41 Å². The molecule has 0 saturated heterocycles. The molecule has 0 amide bonds. The SMILES string of the molecule is CC1(c2ccccc2)C2=C(CCC=C2)c2ccc(-c3ccc(N(c4ccccc4-c4cccc5cccc(-c6ccccc6)c45)c4cccc5c6ccccc6n(-c6ccccc6)c45)cc3)cc21. The molecule has 1 unspecified atom stereocenters. The smallest absolute Gasteiger partial charge is 0.0782 e. The lowest BCUT2D eigenvalue weighted by Crippen LogP contribution is -2.23. The number of aromatic nitrogens is 1. The molecule has 10 aromatic carbocycles. The second kappa shape index (κ2) is 16.2. The maximum Gasteiger partial charge on any atom is 0.0782 e. The van der Waals surface area contributed by atoms with Crippen LogP contribution in [0, 0.1) is 0 Å². The highest BCUT2D eigenvalue weighted by Gasteiger charge is 2.42. The van der Waals surface area contributed by atoms with Gasteiger partial charge in [-0.2, -0.15) is 0 Å². The Labute approximate surface area is 398 Å². The molecule has 0 spiro atoms. The molecule has 1 atom stereocenters. The number of hydrogen-bond donors (Lipinski definition) is 0. The lowest BCUT2D eigenvalue weighted by molar-refractivity contribution is 0.704. The lowest BCUT2D eigenvalue weighted by atomic mass is 9.72. The van der Waals surface area contributed by atoms with Crippen molar-refractivity contribution in [1.82, 2.24) is 4.57 Å². The topological polar surface area (TPSA) is 8.17 Å². The predicted octanol–water partition coefficient (Wildman–Crippen LogP) is 17.8. The number of hydrogen-bond acceptors (Lipinski definition) is 1. The first kappa shape index (κ1) is 39.9. The molecule has 0 N–H and O–H groups in total. The molecule has 2 nitrogen and oxygen atoms in total. The fraction of sp³-hybridized carbons (Fsp3) is 0.0606. The number of para-hydroxylation sites is 4. The molecule has 322 valence electrons. The predicted molar refractivity (Wildman–Crippen MR) is 287 cm³/mol. The van der Waals surface area contributed by atoms with Gasteiger partial charge in [-0.1, -0.05) is 200 Å². The molecule has 11 aromatic rings. The highest BCUT2D eigenvalue weighted by atomic mass is 15.2. The Morgan fingerprint density at radius 2 is 1.10 bits per heavy atom. The number of allylic oxidation sites excluding steroid dienone is 4. The van der Waals surface area contributed by atoms with Gasteiger partial charge in [0.05, 0.1) is 22.4 Å². The van der Waals surface area contributed by atoms with Crippen molar-refractivity contribution >= 4 is 55.2 Å². The Kier molecular flexibility index (Phi) is 9.47. The molecule has 1 heterocycles. The van der Waals surface area contributed by atoms with Crippen molar-refractivity contribution in [2.75, 3.05) is 4.90 Å². The summed E-state index contributed by atoms with van der Waals surface area (Å²) in [6.45, 7) is 2.43. The zero-order valence-corrected chi connectivity index (χ0v) is 38.0. The van der Waals surface area contributed by atoms with Crippen LogP contribution < -0.4 is 4.90 Å². The van der Waals surface area contributed by atoms with E-state index in [-0.39, 0.29) is 5.41 Å². The van der Waals surface area contributed by atoms with E-state index >= 15 is 0 Å². The molecule has 2 aliphatic rings. The molecule has 0 aliphatic heterocycles. The largest absolute Gasteiger partial charge is 0.308 e. The van der Waals surface area contributed by atoms with E-state index in [1.807, 2.05) is 0 Å². The van der Waals surface area contributed by atoms with E-state index < -0.39 is 0 Å². The average Bonchev–Trinajstić information content (AvgIpc) is 3.89. The summed E-state index contributed by atoms with van der Waals surface area (Å²) < 4.78 is 2.45. The zero-order valence-electron chi connectivity index (χ0n) is 38.0. The summed E-state index contributed by atoms with van der Waals surface area (Å²) >= 11 is 0. The van der Waals surface area contributed by atoms with E-state index in [1.54, 1.807) is 0 Å². The Bertz CT molecular complexity index is 3780. The minimum absolute atomic E-state index is 0.225. The van der Waals surface area contributed by atoms with Crippen molar-refractivity contribution in [3.63, 3.8) is 0 Å². The van der Waals surface area contributed by atoms with Crippen LogP contribution in [0.1, 0.15) is 36.5 Å². The minimum Gasteiger partial charge on any atom is -0.308 e. The zero-order chi connectivity index (χ0) is 45.2. The van der Waals surface area contributed by atoms with Crippen LogP contribution in [-0.4, -0.2) is 4.57 Å². The molecule has 13 rings (SSSR count). The van der Waals surface area contributed by atoms with Crippen LogP contribution in [0.4, 0.5) is 17.1 Å². The molecule has 68 heavy (non-hydrogen) atoms. The third-order valence-electron chi connectivity index (χ3n) is 14.8. The maximum absolute atomic E-state index is 2.50. The van der Waals surface area contributed by atoms with Gasteiger partial charge in [0.2, 0.25) is 0 Å². The third-order valence-corrected chi connectivity index (χ3v) is 14.8. The summed E-state index contributed by atoms with van der Waals surface area (Å²) in [4.78, 5) is 2.50. The molecule has 0 radical (unpaired) electrons. The quantitative estimate of drug-likeness (QED) is 0.148. The number of fused-ring (bicyclic) bond motifs is 6. The third kappa shape index (κ3) is 6.25. The highest BCUT2D eigenvalue weighted by molar-refractivity contribution is 6.15. The second-order valence-electron chi connectivity index (χ2n) is 18.4. The maximum atomic E-state index is 2.50. The number of anilines is 3. The molecule has 2 aliphatic carbocycles. The summed E-state index contributed by atoms with van der Waals surface area (Å²) in [6, 6.07) is 87.3. The molecular formula is C66H48N2. The van der Waals surface area contributed by atoms with Crippen LogP contribution in [0.25, 0.3) is 77.2 Å². The first-order valence-electron chi connectivity index (χ1n) is 23.9. The van der Waals surface area contributed by atoms with Crippen molar-refractivity contribution in [2.24, 2.45) is 0 Å². The first-order valence-corrected chi connectivity index (χ1v) is 23.9. The van der Waals surface area contributed by atoms with E-state index in [9.17, 15) is 0 Å². The first-order chi connectivity index (χ1) is 33.6. The number of nitrogens with zero attached hydrogens (tertiary/aromatic N) is 2. The standard InChI is InChI=1S/C66H48N2/c1-66(49-24-7-3-8-25-49)59-34-14-11-28-53(59)54-43-40-48(44-60(54)66)45-38-41-51(42-39-45)67(63-37-19-33-58-56-30-13-16-36-62(56)68(65(58)63)50-26-9-4-10-27-50)61-35-15-12-29-55(61)57-32-18-23-47-22-17-31-52(64(47)57)46-20-5-2-6-21-46/h2-10,12-27,29-44H,11,28H2,1H3. The van der Waals surface area contributed by atoms with Crippen LogP contribution in [0.3, 0.4) is 0 Å². The summed E-state index contributed by atoms with van der Waals surface area (Å²) in [6.07, 6.45) is 6.92. The van der Waals surface area contributed by atoms with Crippen molar-refractivity contribution in [3.8, 4) is 39.1 Å². The van der Waals surface area contributed by atoms with E-state index in [2.05, 4.69) is 265 Å². The van der Waals surface area contributed by atoms with Gasteiger partial charge in [0.15, 0.2) is 0 Å². The van der Waals surface area contributed by atoms with Crippen molar-refractivity contribution in [1.29, 1.82) is 0 Å². The van der Waals surface area contributed by atoms with E-state index in [0.717, 1.165) is 46.7 Å². The van der Waals surface area contributed by atoms with E-state index in [1.165, 1.54) is 82.7 Å². The number of benzene rings is 10. The van der Waals surface area contributed by atoms with E-state index in [0.29, 0.717) is 0 Å². The molecule has 2 heteroatoms. The molecule has 0 fully saturated rings. The van der Waals surface area contributed by atoms with Crippen LogP contribution >= 0.6 is 0 Å². The van der Waals surface area contributed by atoms with Gasteiger partial charge in [-0.25, -0.2) is 0 Å². The Morgan fingerprint density at radius 3 is 1.91 bits per heavy atom. The van der Waals surface area contributed by atoms with E-state index in [4.69, 9.17) is 0 Å². The molecular weight excluding hydrogens is 821 g/mol. The van der Waals surface area contributed by atoms with Gasteiger partial charge in [0.1, 0.15) is 0 Å². The fourth-order valence-corrected chi connectivity index (χ4v) is 11.6. The summed E-state index contributed by atoms with van der Waals surface area (Å²) in [5.74, 6) is 0. The minimum atomic E-state index is -0.225. The van der Waals surface area contributed by atoms with Crippen molar-refractivity contribution < 1.29 is 0 Å². The molecule has 1 aromatic heterocycles. The van der Waals surface area contributed by atoms with Gasteiger partial charge in [-0.3, -0.25) is 0 Å². The summed E-state index contributed by atoms with van der Waals surface area (Å²) in [7, 11) is 0. The Morgan fingerprint density at radius 1 is 0.471 bits per heavy atom. The fourth-order valence-electron chi connectivity index (χ4n) is 11.6. The Balaban J connectivity index is 1.03. The van der Waals surface area contributed by atoms with Gasteiger partial charge in [0, 0.05) is 33.1 Å². The van der Waals surface area contributed by atoms with Crippen LogP contribution in [0.2, 0.25) is 0 Å². The van der Waals surface area contributed by atoms with Gasteiger partial charge in [0.25, 0.3) is 0 Å². The van der Waals surface area contributed by atoms with Gasteiger partial charge >= 0.3 is 0 Å². The normalized spacial score (nSPS) is 15.2. The van der Waals surface area contributed by atoms with Crippen LogP contribution in [0.15, 0.2) is 254 Å². The summed E-state index contributed by atoms with van der Waals surface area (Å²) in [5.41, 5.74) is 20.8. The van der Waals surface area contributed by atoms with Crippen molar-refractivity contribution in [3.05, 3.63) is 271 Å². The second-order valence-corrected chi connectivity index (χ2v) is 18.4. The van der Waals surface area contributed by atoms with Crippen LogP contribution in [0.5, 0.6) is 0 Å². The average molecular weight is 869 g/mol. The highest BCUT2D eigenvalue weighted by Crippen LogP contribution is 2.54.